The molecule has 8 heteroatoms. The third-order valence-corrected chi connectivity index (χ3v) is 7.29. The molecule has 1 heterocycles. The molecule has 2 unspecified atom stereocenters. The van der Waals surface area contributed by atoms with Gasteiger partial charge in [0.15, 0.2) is 9.84 Å². The van der Waals surface area contributed by atoms with Crippen LogP contribution in [0.25, 0.3) is 0 Å². The van der Waals surface area contributed by atoms with Gasteiger partial charge in [0.25, 0.3) is 0 Å². The Bertz CT molecular complexity index is 712. The van der Waals surface area contributed by atoms with Crippen molar-refractivity contribution in [2.45, 2.75) is 36.7 Å². The first-order chi connectivity index (χ1) is 12.3. The van der Waals surface area contributed by atoms with Crippen LogP contribution in [0.15, 0.2) is 30.3 Å². The topological polar surface area (TPSA) is 110 Å². The SMILES string of the molecule is CC(C(=O)NCC(Cc1ccccc1)C(=O)O)S(=O)(=O)C1CCOCC1. The molecule has 0 aromatic heterocycles. The molecule has 7 nitrogen and oxygen atoms in total. The summed E-state index contributed by atoms with van der Waals surface area (Å²) in [5, 5.41) is 10.1. The van der Waals surface area contributed by atoms with Gasteiger partial charge >= 0.3 is 5.97 Å². The number of hydrogen-bond acceptors (Lipinski definition) is 5. The van der Waals surface area contributed by atoms with Crippen LogP contribution >= 0.6 is 0 Å². The van der Waals surface area contributed by atoms with E-state index < -0.39 is 38.1 Å². The number of carboxylic acids is 1. The molecule has 0 saturated carbocycles. The number of carbonyl (C=O) groups excluding carboxylic acids is 1. The first-order valence-electron chi connectivity index (χ1n) is 8.67. The highest BCUT2D eigenvalue weighted by molar-refractivity contribution is 7.93. The summed E-state index contributed by atoms with van der Waals surface area (Å²) in [5.41, 5.74) is 0.844. The van der Waals surface area contributed by atoms with Gasteiger partial charge in [0.2, 0.25) is 5.91 Å². The molecule has 1 aromatic carbocycles. The van der Waals surface area contributed by atoms with Crippen molar-refractivity contribution in [1.82, 2.24) is 5.32 Å². The zero-order chi connectivity index (χ0) is 19.2. The zero-order valence-corrected chi connectivity index (χ0v) is 15.6. The predicted octanol–water partition coefficient (Wildman–Crippen LogP) is 1.03. The summed E-state index contributed by atoms with van der Waals surface area (Å²) in [5.74, 6) is -2.51. The summed E-state index contributed by atoms with van der Waals surface area (Å²) >= 11 is 0. The van der Waals surface area contributed by atoms with E-state index in [0.29, 0.717) is 26.1 Å². The van der Waals surface area contributed by atoms with Crippen LogP contribution in [0.4, 0.5) is 0 Å². The molecule has 2 N–H and O–H groups in total. The van der Waals surface area contributed by atoms with Crippen LogP contribution in [-0.2, 0) is 30.6 Å². The second kappa shape index (κ2) is 9.14. The first kappa shape index (κ1) is 20.4. The van der Waals surface area contributed by atoms with Crippen molar-refractivity contribution in [3.63, 3.8) is 0 Å². The van der Waals surface area contributed by atoms with Crippen LogP contribution in [0.5, 0.6) is 0 Å². The summed E-state index contributed by atoms with van der Waals surface area (Å²) < 4.78 is 30.3. The van der Waals surface area contributed by atoms with Gasteiger partial charge in [-0.1, -0.05) is 30.3 Å². The fourth-order valence-corrected chi connectivity index (χ4v) is 4.76. The van der Waals surface area contributed by atoms with Gasteiger partial charge in [-0.25, -0.2) is 8.42 Å². The van der Waals surface area contributed by atoms with Gasteiger partial charge in [-0.2, -0.15) is 0 Å². The Balaban J connectivity index is 1.95. The number of aliphatic carboxylic acids is 1. The summed E-state index contributed by atoms with van der Waals surface area (Å²) in [4.78, 5) is 23.7. The molecule has 26 heavy (non-hydrogen) atoms. The van der Waals surface area contributed by atoms with E-state index in [1.54, 1.807) is 0 Å². The van der Waals surface area contributed by atoms with Crippen LogP contribution in [0.2, 0.25) is 0 Å². The molecule has 0 radical (unpaired) electrons. The molecule has 2 rings (SSSR count). The smallest absolute Gasteiger partial charge is 0.308 e. The number of nitrogens with one attached hydrogen (secondary N) is 1. The molecular weight excluding hydrogens is 358 g/mol. The van der Waals surface area contributed by atoms with E-state index >= 15 is 0 Å². The van der Waals surface area contributed by atoms with E-state index in [1.807, 2.05) is 30.3 Å². The molecule has 0 bridgehead atoms. The van der Waals surface area contributed by atoms with Crippen LogP contribution < -0.4 is 5.32 Å². The van der Waals surface area contributed by atoms with E-state index in [4.69, 9.17) is 4.74 Å². The number of sulfone groups is 1. The molecule has 1 saturated heterocycles. The number of amides is 1. The molecule has 1 aliphatic heterocycles. The van der Waals surface area contributed by atoms with Gasteiger partial charge in [0, 0.05) is 19.8 Å². The van der Waals surface area contributed by atoms with Gasteiger partial charge in [0.1, 0.15) is 5.25 Å². The number of hydrogen-bond donors (Lipinski definition) is 2. The van der Waals surface area contributed by atoms with E-state index in [1.165, 1.54) is 6.92 Å². The molecule has 1 amide bonds. The van der Waals surface area contributed by atoms with Gasteiger partial charge in [-0.3, -0.25) is 9.59 Å². The van der Waals surface area contributed by atoms with Crippen molar-refractivity contribution >= 4 is 21.7 Å². The van der Waals surface area contributed by atoms with Crippen LogP contribution in [0.1, 0.15) is 25.3 Å². The molecule has 1 aliphatic rings. The normalized spacial score (nSPS) is 18.0. The first-order valence-corrected chi connectivity index (χ1v) is 10.3. The summed E-state index contributed by atoms with van der Waals surface area (Å²) in [6.45, 7) is 1.98. The largest absolute Gasteiger partial charge is 0.481 e. The van der Waals surface area contributed by atoms with Crippen LogP contribution in [-0.4, -0.2) is 55.7 Å². The second-order valence-corrected chi connectivity index (χ2v) is 9.06. The van der Waals surface area contributed by atoms with E-state index in [9.17, 15) is 23.1 Å². The Morgan fingerprint density at radius 3 is 2.42 bits per heavy atom. The zero-order valence-electron chi connectivity index (χ0n) is 14.8. The lowest BCUT2D eigenvalue weighted by Gasteiger charge is -2.25. The fourth-order valence-electron chi connectivity index (χ4n) is 2.96. The van der Waals surface area contributed by atoms with Crippen molar-refractivity contribution in [3.8, 4) is 0 Å². The Labute approximate surface area is 153 Å². The van der Waals surface area contributed by atoms with Crippen molar-refractivity contribution in [3.05, 3.63) is 35.9 Å². The van der Waals surface area contributed by atoms with Crippen LogP contribution in [0, 0.1) is 5.92 Å². The van der Waals surface area contributed by atoms with Crippen molar-refractivity contribution in [2.75, 3.05) is 19.8 Å². The minimum Gasteiger partial charge on any atom is -0.481 e. The summed E-state index contributed by atoms with van der Waals surface area (Å²) in [6.07, 6.45) is 1.02. The average Bonchev–Trinajstić information content (AvgIpc) is 2.65. The second-order valence-electron chi connectivity index (χ2n) is 6.51. The molecule has 0 aliphatic carbocycles. The monoisotopic (exact) mass is 383 g/mol. The maximum Gasteiger partial charge on any atom is 0.308 e. The highest BCUT2D eigenvalue weighted by atomic mass is 32.2. The molecule has 0 spiro atoms. The predicted molar refractivity (Wildman–Crippen MR) is 96.5 cm³/mol. The molecule has 144 valence electrons. The minimum atomic E-state index is -3.63. The van der Waals surface area contributed by atoms with Crippen molar-refractivity contribution in [1.29, 1.82) is 0 Å². The maximum absolute atomic E-state index is 12.6. The highest BCUT2D eigenvalue weighted by Gasteiger charge is 2.36. The lowest BCUT2D eigenvalue weighted by Crippen LogP contribution is -2.45. The number of carbonyl (C=O) groups is 2. The fraction of sp³-hybridized carbons (Fsp3) is 0.556. The summed E-state index contributed by atoms with van der Waals surface area (Å²) in [6, 6.07) is 9.10. The lowest BCUT2D eigenvalue weighted by molar-refractivity contribution is -0.141. The molecular formula is C18H25NO6S. The minimum absolute atomic E-state index is 0.114. The quantitative estimate of drug-likeness (QED) is 0.694. The Hall–Kier alpha value is -1.93. The average molecular weight is 383 g/mol. The van der Waals surface area contributed by atoms with Crippen molar-refractivity contribution < 1.29 is 27.9 Å². The maximum atomic E-state index is 12.6. The van der Waals surface area contributed by atoms with E-state index in [2.05, 4.69) is 5.32 Å². The van der Waals surface area contributed by atoms with Gasteiger partial charge in [-0.15, -0.1) is 0 Å². The Morgan fingerprint density at radius 1 is 1.23 bits per heavy atom. The molecule has 1 fully saturated rings. The van der Waals surface area contributed by atoms with Gasteiger partial charge in [0.05, 0.1) is 11.2 Å². The van der Waals surface area contributed by atoms with E-state index in [-0.39, 0.29) is 13.0 Å². The summed E-state index contributed by atoms with van der Waals surface area (Å²) in [7, 11) is -3.63. The molecule has 2 atom stereocenters. The number of benzene rings is 1. The lowest BCUT2D eigenvalue weighted by atomic mass is 9.99. The number of carboxylic acid groups (broad SMARTS) is 1. The highest BCUT2D eigenvalue weighted by Crippen LogP contribution is 2.20. The third-order valence-electron chi connectivity index (χ3n) is 4.69. The molecule has 1 aromatic rings. The van der Waals surface area contributed by atoms with Crippen molar-refractivity contribution in [2.24, 2.45) is 5.92 Å². The third kappa shape index (κ3) is 5.28. The number of ether oxygens (including phenoxy) is 1. The van der Waals surface area contributed by atoms with Crippen LogP contribution in [0.3, 0.4) is 0 Å². The van der Waals surface area contributed by atoms with Gasteiger partial charge in [-0.05, 0) is 31.7 Å². The Morgan fingerprint density at radius 2 is 1.85 bits per heavy atom. The van der Waals surface area contributed by atoms with Gasteiger partial charge < -0.3 is 15.2 Å². The Kier molecular flexibility index (Phi) is 7.16. The van der Waals surface area contributed by atoms with E-state index in [0.717, 1.165) is 5.56 Å². The standard InChI is InChI=1S/C18H25NO6S/c1-13(26(23,24)16-7-9-25-10-8-16)17(20)19-12-15(18(21)22)11-14-5-3-2-4-6-14/h2-6,13,15-16H,7-12H2,1H3,(H,19,20)(H,21,22). The number of rotatable bonds is 8.